The average molecular weight is 601 g/mol. The second-order valence-electron chi connectivity index (χ2n) is 10.5. The zero-order valence-corrected chi connectivity index (χ0v) is 24.4. The second-order valence-corrected chi connectivity index (χ2v) is 13.8. The number of amides is 1. The predicted octanol–water partition coefficient (Wildman–Crippen LogP) is 5.93. The number of fused-ring (bicyclic) bond motifs is 1. The Morgan fingerprint density at radius 3 is 2.50 bits per heavy atom. The fraction of sp³-hybridized carbons (Fsp3) is 0.481. The SMILES string of the molecule is CC1c2nn(COCC[S+](C)C(C)(C)C)c(-c3ncc(F)cn3)c2CCN1C(=O)c1cccc(C(F)(F)F)c1Cl. The summed E-state index contributed by atoms with van der Waals surface area (Å²) in [6.45, 7) is 9.08. The van der Waals surface area contributed by atoms with Gasteiger partial charge in [-0.2, -0.15) is 18.3 Å². The average Bonchev–Trinajstić information content (AvgIpc) is 3.25. The third-order valence-electron chi connectivity index (χ3n) is 6.97. The summed E-state index contributed by atoms with van der Waals surface area (Å²) in [5.74, 6) is -0.0860. The van der Waals surface area contributed by atoms with Crippen molar-refractivity contribution in [2.75, 3.05) is 25.2 Å². The lowest BCUT2D eigenvalue weighted by atomic mass is 9.97. The van der Waals surface area contributed by atoms with Gasteiger partial charge in [0.15, 0.2) is 11.6 Å². The van der Waals surface area contributed by atoms with Crippen LogP contribution in [0.3, 0.4) is 0 Å². The first-order valence-corrected chi connectivity index (χ1v) is 14.8. The molecule has 2 aromatic heterocycles. The Labute approximate surface area is 238 Å². The van der Waals surface area contributed by atoms with Crippen molar-refractivity contribution in [1.82, 2.24) is 24.6 Å². The minimum absolute atomic E-state index is 0.0878. The zero-order chi connectivity index (χ0) is 29.4. The highest BCUT2D eigenvalue weighted by Gasteiger charge is 2.38. The Balaban J connectivity index is 1.63. The molecule has 0 saturated heterocycles. The fourth-order valence-corrected chi connectivity index (χ4v) is 5.74. The Bertz CT molecular complexity index is 1370. The quantitative estimate of drug-likeness (QED) is 0.191. The second kappa shape index (κ2) is 11.7. The van der Waals surface area contributed by atoms with Crippen molar-refractivity contribution < 1.29 is 27.1 Å². The molecule has 3 heterocycles. The van der Waals surface area contributed by atoms with Gasteiger partial charge in [-0.1, -0.05) is 17.7 Å². The third kappa shape index (κ3) is 6.28. The van der Waals surface area contributed by atoms with E-state index < -0.39 is 34.5 Å². The van der Waals surface area contributed by atoms with E-state index in [0.29, 0.717) is 24.4 Å². The van der Waals surface area contributed by atoms with Crippen LogP contribution >= 0.6 is 11.6 Å². The molecular weight excluding hydrogens is 570 g/mol. The first kappa shape index (κ1) is 30.3. The van der Waals surface area contributed by atoms with Crippen molar-refractivity contribution in [1.29, 1.82) is 0 Å². The minimum atomic E-state index is -4.69. The van der Waals surface area contributed by atoms with Crippen molar-refractivity contribution in [3.63, 3.8) is 0 Å². The number of aromatic nitrogens is 4. The number of carbonyl (C=O) groups is 1. The topological polar surface area (TPSA) is 73.1 Å². The summed E-state index contributed by atoms with van der Waals surface area (Å²) in [4.78, 5) is 23.2. The van der Waals surface area contributed by atoms with E-state index in [1.807, 2.05) is 0 Å². The van der Waals surface area contributed by atoms with Crippen molar-refractivity contribution >= 4 is 28.4 Å². The molecule has 0 saturated carbocycles. The maximum atomic E-state index is 13.6. The van der Waals surface area contributed by atoms with E-state index in [9.17, 15) is 22.4 Å². The number of carbonyl (C=O) groups excluding carboxylic acids is 1. The first-order chi connectivity index (χ1) is 18.7. The van der Waals surface area contributed by atoms with Gasteiger partial charge in [0, 0.05) is 12.1 Å². The molecule has 1 aliphatic heterocycles. The van der Waals surface area contributed by atoms with Crippen LogP contribution in [0.4, 0.5) is 17.6 Å². The monoisotopic (exact) mass is 600 g/mol. The van der Waals surface area contributed by atoms with Crippen LogP contribution in [-0.4, -0.2) is 60.5 Å². The molecule has 1 amide bonds. The lowest BCUT2D eigenvalue weighted by Crippen LogP contribution is -2.39. The van der Waals surface area contributed by atoms with Crippen LogP contribution in [0.2, 0.25) is 5.02 Å². The van der Waals surface area contributed by atoms with Gasteiger partial charge in [0.25, 0.3) is 5.91 Å². The van der Waals surface area contributed by atoms with Crippen molar-refractivity contribution in [2.45, 2.75) is 57.8 Å². The number of hydrogen-bond acceptors (Lipinski definition) is 5. The zero-order valence-electron chi connectivity index (χ0n) is 22.9. The van der Waals surface area contributed by atoms with E-state index in [0.717, 1.165) is 29.8 Å². The van der Waals surface area contributed by atoms with E-state index in [4.69, 9.17) is 21.4 Å². The van der Waals surface area contributed by atoms with Gasteiger partial charge in [0.1, 0.15) is 22.9 Å². The molecule has 1 aromatic carbocycles. The van der Waals surface area contributed by atoms with Gasteiger partial charge >= 0.3 is 6.18 Å². The van der Waals surface area contributed by atoms with Gasteiger partial charge < -0.3 is 9.64 Å². The normalized spacial score (nSPS) is 16.6. The minimum Gasteiger partial charge on any atom is -0.354 e. The van der Waals surface area contributed by atoms with Gasteiger partial charge in [0.05, 0.1) is 53.1 Å². The maximum Gasteiger partial charge on any atom is 0.417 e. The summed E-state index contributed by atoms with van der Waals surface area (Å²) >= 11 is 6.05. The molecule has 216 valence electrons. The van der Waals surface area contributed by atoms with Crippen molar-refractivity contribution in [3.8, 4) is 11.5 Å². The Morgan fingerprint density at radius 1 is 1.20 bits per heavy atom. The Kier molecular flexibility index (Phi) is 8.82. The molecule has 0 radical (unpaired) electrons. The molecule has 7 nitrogen and oxygen atoms in total. The molecule has 0 fully saturated rings. The number of halogens is 5. The summed E-state index contributed by atoms with van der Waals surface area (Å²) < 4.78 is 61.5. The summed E-state index contributed by atoms with van der Waals surface area (Å²) in [5, 5.41) is 4.08. The highest BCUT2D eigenvalue weighted by Crippen LogP contribution is 2.39. The van der Waals surface area contributed by atoms with Crippen LogP contribution in [0.15, 0.2) is 30.6 Å². The lowest BCUT2D eigenvalue weighted by molar-refractivity contribution is -0.137. The van der Waals surface area contributed by atoms with E-state index in [-0.39, 0.29) is 40.3 Å². The molecule has 3 aromatic rings. The molecule has 0 spiro atoms. The maximum absolute atomic E-state index is 13.6. The van der Waals surface area contributed by atoms with Crippen LogP contribution in [0.1, 0.15) is 60.9 Å². The number of rotatable bonds is 7. The number of benzene rings is 1. The van der Waals surface area contributed by atoms with E-state index in [1.54, 1.807) is 11.6 Å². The van der Waals surface area contributed by atoms with Crippen LogP contribution < -0.4 is 0 Å². The third-order valence-corrected chi connectivity index (χ3v) is 10.2. The number of nitrogens with zero attached hydrogens (tertiary/aromatic N) is 5. The van der Waals surface area contributed by atoms with Crippen molar-refractivity contribution in [3.05, 3.63) is 63.8 Å². The fourth-order valence-electron chi connectivity index (χ4n) is 4.44. The van der Waals surface area contributed by atoms with Crippen LogP contribution in [0.25, 0.3) is 11.5 Å². The predicted molar refractivity (Wildman–Crippen MR) is 147 cm³/mol. The summed E-state index contributed by atoms with van der Waals surface area (Å²) in [7, 11) is 0.129. The van der Waals surface area contributed by atoms with E-state index >= 15 is 0 Å². The number of ether oxygens (including phenoxy) is 1. The molecule has 2 unspecified atom stereocenters. The lowest BCUT2D eigenvalue weighted by Gasteiger charge is -2.33. The summed E-state index contributed by atoms with van der Waals surface area (Å²) in [6.07, 6.45) is -0.0339. The summed E-state index contributed by atoms with van der Waals surface area (Å²) in [5.41, 5.74) is 0.567. The molecule has 1 aliphatic rings. The molecular formula is C27H31ClF4N5O2S+. The molecule has 0 N–H and O–H groups in total. The van der Waals surface area contributed by atoms with Gasteiger partial charge in [-0.3, -0.25) is 4.79 Å². The molecule has 0 aliphatic carbocycles. The Hall–Kier alpha value is -2.70. The number of hydrogen-bond donors (Lipinski definition) is 0. The molecule has 0 bridgehead atoms. The standard InChI is InChI=1S/C27H31ClF4N5O2S/c1-16-22-19(9-10-36(16)25(38)18-7-6-8-20(21(18)28)27(30,31)32)23(24-33-13-17(29)14-34-24)37(35-22)15-39-11-12-40(5)26(2,3)4/h6-8,13-14,16H,9-12,15H2,1-5H3/q+1. The van der Waals surface area contributed by atoms with Crippen LogP contribution in [0, 0.1) is 5.82 Å². The van der Waals surface area contributed by atoms with Gasteiger partial charge in [-0.25, -0.2) is 19.0 Å². The van der Waals surface area contributed by atoms with E-state index in [2.05, 4.69) is 37.0 Å². The van der Waals surface area contributed by atoms with Crippen LogP contribution in [-0.2, 0) is 35.0 Å². The molecule has 4 rings (SSSR count). The summed E-state index contributed by atoms with van der Waals surface area (Å²) in [6, 6.07) is 2.70. The highest BCUT2D eigenvalue weighted by molar-refractivity contribution is 7.97. The smallest absolute Gasteiger partial charge is 0.354 e. The molecule has 40 heavy (non-hydrogen) atoms. The highest BCUT2D eigenvalue weighted by atomic mass is 35.5. The van der Waals surface area contributed by atoms with Gasteiger partial charge in [-0.05, 0) is 57.1 Å². The Morgan fingerprint density at radius 2 is 1.88 bits per heavy atom. The number of alkyl halides is 3. The van der Waals surface area contributed by atoms with E-state index in [1.165, 1.54) is 17.0 Å². The van der Waals surface area contributed by atoms with Gasteiger partial charge in [0.2, 0.25) is 0 Å². The first-order valence-electron chi connectivity index (χ1n) is 12.6. The largest absolute Gasteiger partial charge is 0.417 e. The van der Waals surface area contributed by atoms with Crippen LogP contribution in [0.5, 0.6) is 0 Å². The molecule has 13 heteroatoms. The molecule has 2 atom stereocenters. The van der Waals surface area contributed by atoms with Crippen molar-refractivity contribution in [2.24, 2.45) is 0 Å². The van der Waals surface area contributed by atoms with Gasteiger partial charge in [-0.15, -0.1) is 0 Å².